The van der Waals surface area contributed by atoms with Crippen molar-refractivity contribution < 1.29 is 23.7 Å². The number of benzene rings is 2. The van der Waals surface area contributed by atoms with Gasteiger partial charge in [-0.15, -0.1) is 0 Å². The van der Waals surface area contributed by atoms with Crippen LogP contribution in [0.2, 0.25) is 5.02 Å². The van der Waals surface area contributed by atoms with Crippen molar-refractivity contribution in [2.75, 3.05) is 27.9 Å². The summed E-state index contributed by atoms with van der Waals surface area (Å²) in [6.45, 7) is 2.04. The molecule has 0 bridgehead atoms. The molecule has 6 nitrogen and oxygen atoms in total. The summed E-state index contributed by atoms with van der Waals surface area (Å²) in [5.74, 6) is 1.89. The molecule has 2 aromatic rings. The Kier molecular flexibility index (Phi) is 6.97. The van der Waals surface area contributed by atoms with Gasteiger partial charge in [-0.2, -0.15) is 0 Å². The largest absolute Gasteiger partial charge is 0.493 e. The summed E-state index contributed by atoms with van der Waals surface area (Å²) in [5, 5.41) is 3.45. The second-order valence-corrected chi connectivity index (χ2v) is 5.88. The third-order valence-electron chi connectivity index (χ3n) is 3.76. The molecule has 7 heteroatoms. The van der Waals surface area contributed by atoms with Crippen molar-refractivity contribution in [1.29, 1.82) is 0 Å². The van der Waals surface area contributed by atoms with Gasteiger partial charge in [0.2, 0.25) is 5.75 Å². The fourth-order valence-corrected chi connectivity index (χ4v) is 2.52. The Hall–Kier alpha value is -2.60. The van der Waals surface area contributed by atoms with Crippen molar-refractivity contribution in [2.45, 2.75) is 13.5 Å². The van der Waals surface area contributed by atoms with E-state index in [9.17, 15) is 4.79 Å². The van der Waals surface area contributed by atoms with Crippen molar-refractivity contribution in [3.8, 4) is 23.0 Å². The van der Waals surface area contributed by atoms with Crippen molar-refractivity contribution in [3.05, 3.63) is 46.5 Å². The average Bonchev–Trinajstić information content (AvgIpc) is 2.66. The molecule has 1 N–H and O–H groups in total. The number of ether oxygens (including phenoxy) is 4. The maximum Gasteiger partial charge on any atom is 0.258 e. The van der Waals surface area contributed by atoms with E-state index in [1.807, 2.05) is 13.0 Å². The average molecular weight is 380 g/mol. The molecule has 0 radical (unpaired) electrons. The maximum absolute atomic E-state index is 12.1. The topological polar surface area (TPSA) is 66.0 Å². The summed E-state index contributed by atoms with van der Waals surface area (Å²) in [5.41, 5.74) is 1.65. The zero-order valence-corrected chi connectivity index (χ0v) is 16.0. The van der Waals surface area contributed by atoms with Crippen LogP contribution in [0.3, 0.4) is 0 Å². The predicted molar refractivity (Wildman–Crippen MR) is 99.6 cm³/mol. The Morgan fingerprint density at radius 3 is 2.38 bits per heavy atom. The van der Waals surface area contributed by atoms with Crippen LogP contribution in [0, 0.1) is 6.92 Å². The molecular weight excluding hydrogens is 358 g/mol. The number of hydrogen-bond donors (Lipinski definition) is 1. The van der Waals surface area contributed by atoms with Gasteiger partial charge in [-0.25, -0.2) is 0 Å². The second-order valence-electron chi connectivity index (χ2n) is 5.47. The Bertz CT molecular complexity index is 779. The molecule has 1 amide bonds. The van der Waals surface area contributed by atoms with E-state index < -0.39 is 0 Å². The van der Waals surface area contributed by atoms with Gasteiger partial charge < -0.3 is 24.3 Å². The number of halogens is 1. The second kappa shape index (κ2) is 9.20. The summed E-state index contributed by atoms with van der Waals surface area (Å²) in [6.07, 6.45) is 0. The van der Waals surface area contributed by atoms with Crippen LogP contribution in [0.1, 0.15) is 11.1 Å². The fraction of sp³-hybridized carbons (Fsp3) is 0.316. The lowest BCUT2D eigenvalue weighted by molar-refractivity contribution is -0.123. The number of carbonyl (C=O) groups excluding carboxylic acids is 1. The summed E-state index contributed by atoms with van der Waals surface area (Å²) in [6, 6.07) is 8.81. The monoisotopic (exact) mass is 379 g/mol. The van der Waals surface area contributed by atoms with Gasteiger partial charge in [0.15, 0.2) is 18.1 Å². The van der Waals surface area contributed by atoms with Gasteiger partial charge in [0.1, 0.15) is 5.75 Å². The first-order valence-electron chi connectivity index (χ1n) is 7.93. The lowest BCUT2D eigenvalue weighted by atomic mass is 10.1. The molecule has 0 aliphatic rings. The standard InChI is InChI=1S/C19H22ClNO5/c1-12-9-14(6-7-15(12)20)26-11-17(22)21-10-13-5-8-16(23-2)19(25-4)18(13)24-3/h5-9H,10-11H2,1-4H3,(H,21,22). The minimum absolute atomic E-state index is 0.101. The number of nitrogens with one attached hydrogen (secondary N) is 1. The van der Waals surface area contributed by atoms with E-state index in [-0.39, 0.29) is 19.1 Å². The number of amides is 1. The zero-order chi connectivity index (χ0) is 19.1. The zero-order valence-electron chi connectivity index (χ0n) is 15.2. The summed E-state index contributed by atoms with van der Waals surface area (Å²) >= 11 is 5.97. The maximum atomic E-state index is 12.1. The molecular formula is C19H22ClNO5. The smallest absolute Gasteiger partial charge is 0.258 e. The third-order valence-corrected chi connectivity index (χ3v) is 4.19. The van der Waals surface area contributed by atoms with Crippen LogP contribution in [-0.2, 0) is 11.3 Å². The third kappa shape index (κ3) is 4.73. The van der Waals surface area contributed by atoms with Gasteiger partial charge in [0, 0.05) is 17.1 Å². The van der Waals surface area contributed by atoms with Gasteiger partial charge in [-0.1, -0.05) is 11.6 Å². The van der Waals surface area contributed by atoms with Gasteiger partial charge >= 0.3 is 0 Å². The molecule has 0 aromatic heterocycles. The van der Waals surface area contributed by atoms with E-state index in [0.29, 0.717) is 28.0 Å². The lowest BCUT2D eigenvalue weighted by Crippen LogP contribution is -2.28. The van der Waals surface area contributed by atoms with Crippen molar-refractivity contribution in [1.82, 2.24) is 5.32 Å². The summed E-state index contributed by atoms with van der Waals surface area (Å²) in [7, 11) is 4.62. The van der Waals surface area contributed by atoms with Gasteiger partial charge in [-0.05, 0) is 42.8 Å². The molecule has 0 aliphatic carbocycles. The van der Waals surface area contributed by atoms with E-state index in [1.54, 1.807) is 31.4 Å². The predicted octanol–water partition coefficient (Wildman–Crippen LogP) is 3.37. The SMILES string of the molecule is COc1ccc(CNC(=O)COc2ccc(Cl)c(C)c2)c(OC)c1OC. The molecule has 0 saturated carbocycles. The van der Waals surface area contributed by atoms with Crippen LogP contribution >= 0.6 is 11.6 Å². The normalized spacial score (nSPS) is 10.2. The Labute approximate surface area is 158 Å². The molecule has 140 valence electrons. The van der Waals surface area contributed by atoms with Gasteiger partial charge in [-0.3, -0.25) is 4.79 Å². The number of hydrogen-bond acceptors (Lipinski definition) is 5. The van der Waals surface area contributed by atoms with Crippen molar-refractivity contribution in [2.24, 2.45) is 0 Å². The molecule has 2 rings (SSSR count). The highest BCUT2D eigenvalue weighted by Gasteiger charge is 2.16. The summed E-state index contributed by atoms with van der Waals surface area (Å²) in [4.78, 5) is 12.1. The van der Waals surface area contributed by atoms with Crippen LogP contribution in [-0.4, -0.2) is 33.8 Å². The molecule has 0 saturated heterocycles. The van der Waals surface area contributed by atoms with E-state index >= 15 is 0 Å². The number of rotatable bonds is 8. The minimum Gasteiger partial charge on any atom is -0.493 e. The van der Waals surface area contributed by atoms with Crippen molar-refractivity contribution >= 4 is 17.5 Å². The van der Waals surface area contributed by atoms with Gasteiger partial charge in [0.25, 0.3) is 5.91 Å². The Morgan fingerprint density at radius 1 is 1.04 bits per heavy atom. The van der Waals surface area contributed by atoms with E-state index in [1.165, 1.54) is 14.2 Å². The van der Waals surface area contributed by atoms with Crippen LogP contribution in [0.4, 0.5) is 0 Å². The molecule has 26 heavy (non-hydrogen) atoms. The molecule has 0 heterocycles. The van der Waals surface area contributed by atoms with Crippen molar-refractivity contribution in [3.63, 3.8) is 0 Å². The highest BCUT2D eigenvalue weighted by Crippen LogP contribution is 2.39. The first-order chi connectivity index (χ1) is 12.5. The number of methoxy groups -OCH3 is 3. The quantitative estimate of drug-likeness (QED) is 0.761. The minimum atomic E-state index is -0.255. The number of aryl methyl sites for hydroxylation is 1. The first-order valence-corrected chi connectivity index (χ1v) is 8.31. The lowest BCUT2D eigenvalue weighted by Gasteiger charge is -2.16. The van der Waals surface area contributed by atoms with Gasteiger partial charge in [0.05, 0.1) is 21.3 Å². The number of carbonyl (C=O) groups is 1. The van der Waals surface area contributed by atoms with E-state index in [4.69, 9.17) is 30.5 Å². The first kappa shape index (κ1) is 19.7. The molecule has 0 fully saturated rings. The molecule has 0 spiro atoms. The Balaban J connectivity index is 1.97. The fourth-order valence-electron chi connectivity index (χ4n) is 2.40. The molecule has 0 unspecified atom stereocenters. The summed E-state index contributed by atoms with van der Waals surface area (Å²) < 4.78 is 21.5. The molecule has 0 aliphatic heterocycles. The van der Waals surface area contributed by atoms with Crippen LogP contribution < -0.4 is 24.3 Å². The van der Waals surface area contributed by atoms with E-state index in [2.05, 4.69) is 5.32 Å². The highest BCUT2D eigenvalue weighted by atomic mass is 35.5. The van der Waals surface area contributed by atoms with Crippen LogP contribution in [0.15, 0.2) is 30.3 Å². The highest BCUT2D eigenvalue weighted by molar-refractivity contribution is 6.31. The van der Waals surface area contributed by atoms with Crippen LogP contribution in [0.5, 0.6) is 23.0 Å². The molecule has 2 aromatic carbocycles. The van der Waals surface area contributed by atoms with E-state index in [0.717, 1.165) is 11.1 Å². The van der Waals surface area contributed by atoms with Crippen LogP contribution in [0.25, 0.3) is 0 Å². The Morgan fingerprint density at radius 2 is 1.77 bits per heavy atom. The molecule has 0 atom stereocenters.